The van der Waals surface area contributed by atoms with Crippen molar-refractivity contribution in [3.05, 3.63) is 53.6 Å². The highest BCUT2D eigenvalue weighted by Gasteiger charge is 2.18. The fourth-order valence-corrected chi connectivity index (χ4v) is 2.77. The SMILES string of the molecule is COC(=O)C(CC(=O)O)=C(C)c1ccc2oc3ccccc3c2c1. The number of rotatable bonds is 4. The van der Waals surface area contributed by atoms with Gasteiger partial charge in [0.1, 0.15) is 11.2 Å². The van der Waals surface area contributed by atoms with E-state index >= 15 is 0 Å². The summed E-state index contributed by atoms with van der Waals surface area (Å²) in [6.45, 7) is 1.72. The highest BCUT2D eigenvalue weighted by atomic mass is 16.5. The second-order valence-corrected chi connectivity index (χ2v) is 5.47. The van der Waals surface area contributed by atoms with Gasteiger partial charge in [-0.1, -0.05) is 24.3 Å². The van der Waals surface area contributed by atoms with Gasteiger partial charge >= 0.3 is 11.9 Å². The topological polar surface area (TPSA) is 76.7 Å². The molecule has 0 aliphatic rings. The van der Waals surface area contributed by atoms with Crippen molar-refractivity contribution in [2.75, 3.05) is 7.11 Å². The maximum absolute atomic E-state index is 11.9. The van der Waals surface area contributed by atoms with E-state index in [4.69, 9.17) is 14.3 Å². The van der Waals surface area contributed by atoms with Crippen LogP contribution in [0.15, 0.2) is 52.5 Å². The molecule has 0 radical (unpaired) electrons. The second-order valence-electron chi connectivity index (χ2n) is 5.47. The van der Waals surface area contributed by atoms with E-state index < -0.39 is 11.9 Å². The molecule has 2 aromatic carbocycles. The fourth-order valence-electron chi connectivity index (χ4n) is 2.77. The minimum Gasteiger partial charge on any atom is -0.481 e. The smallest absolute Gasteiger partial charge is 0.334 e. The number of para-hydroxylation sites is 1. The zero-order chi connectivity index (χ0) is 17.3. The van der Waals surface area contributed by atoms with Crippen molar-refractivity contribution in [2.24, 2.45) is 0 Å². The third-order valence-electron chi connectivity index (χ3n) is 4.02. The number of allylic oxidation sites excluding steroid dienone is 1. The minimum absolute atomic E-state index is 0.136. The minimum atomic E-state index is -1.08. The number of esters is 1. The number of aliphatic carboxylic acids is 1. The lowest BCUT2D eigenvalue weighted by Gasteiger charge is -2.09. The van der Waals surface area contributed by atoms with E-state index in [0.29, 0.717) is 5.57 Å². The molecule has 24 heavy (non-hydrogen) atoms. The lowest BCUT2D eigenvalue weighted by Crippen LogP contribution is -2.11. The molecule has 5 nitrogen and oxygen atoms in total. The monoisotopic (exact) mass is 324 g/mol. The number of carbonyl (C=O) groups is 2. The van der Waals surface area contributed by atoms with E-state index in [-0.39, 0.29) is 12.0 Å². The molecule has 0 aliphatic carbocycles. The van der Waals surface area contributed by atoms with Gasteiger partial charge in [-0.2, -0.15) is 0 Å². The molecule has 5 heteroatoms. The molecule has 0 fully saturated rings. The normalized spacial score (nSPS) is 12.2. The molecule has 1 N–H and O–H groups in total. The van der Waals surface area contributed by atoms with Crippen molar-refractivity contribution in [3.8, 4) is 0 Å². The van der Waals surface area contributed by atoms with Crippen molar-refractivity contribution in [2.45, 2.75) is 13.3 Å². The fraction of sp³-hybridized carbons (Fsp3) is 0.158. The average Bonchev–Trinajstić information content (AvgIpc) is 2.96. The molecular formula is C19H16O5. The van der Waals surface area contributed by atoms with Gasteiger partial charge in [0.25, 0.3) is 0 Å². The first-order valence-corrected chi connectivity index (χ1v) is 7.42. The molecule has 3 aromatic rings. The number of hydrogen-bond acceptors (Lipinski definition) is 4. The number of fused-ring (bicyclic) bond motifs is 3. The zero-order valence-electron chi connectivity index (χ0n) is 13.3. The summed E-state index contributed by atoms with van der Waals surface area (Å²) < 4.78 is 10.5. The Morgan fingerprint density at radius 1 is 1.08 bits per heavy atom. The lowest BCUT2D eigenvalue weighted by atomic mass is 9.97. The standard InChI is InChI=1S/C19H16O5/c1-11(14(10-18(20)21)19(22)23-2)12-7-8-17-15(9-12)13-5-3-4-6-16(13)24-17/h3-9H,10H2,1-2H3,(H,20,21). The summed E-state index contributed by atoms with van der Waals surface area (Å²) in [6, 6.07) is 13.2. The van der Waals surface area contributed by atoms with Crippen LogP contribution in [-0.2, 0) is 14.3 Å². The molecule has 0 atom stereocenters. The zero-order valence-corrected chi connectivity index (χ0v) is 13.3. The van der Waals surface area contributed by atoms with Crippen LogP contribution in [0.3, 0.4) is 0 Å². The molecule has 1 heterocycles. The Morgan fingerprint density at radius 2 is 1.79 bits per heavy atom. The van der Waals surface area contributed by atoms with Crippen LogP contribution in [0.4, 0.5) is 0 Å². The molecule has 0 saturated carbocycles. The molecule has 1 aromatic heterocycles. The van der Waals surface area contributed by atoms with Crippen molar-refractivity contribution in [1.29, 1.82) is 0 Å². The van der Waals surface area contributed by atoms with Crippen molar-refractivity contribution < 1.29 is 23.8 Å². The van der Waals surface area contributed by atoms with E-state index in [2.05, 4.69) is 0 Å². The lowest BCUT2D eigenvalue weighted by molar-refractivity contribution is -0.141. The van der Waals surface area contributed by atoms with Crippen LogP contribution in [-0.4, -0.2) is 24.2 Å². The predicted molar refractivity (Wildman–Crippen MR) is 90.6 cm³/mol. The van der Waals surface area contributed by atoms with Crippen LogP contribution >= 0.6 is 0 Å². The Bertz CT molecular complexity index is 978. The van der Waals surface area contributed by atoms with E-state index in [1.54, 1.807) is 6.92 Å². The van der Waals surface area contributed by atoms with Gasteiger partial charge in [0, 0.05) is 10.8 Å². The first-order valence-electron chi connectivity index (χ1n) is 7.42. The Labute approximate surface area is 138 Å². The summed E-state index contributed by atoms with van der Waals surface area (Å²) in [6.07, 6.45) is -0.386. The summed E-state index contributed by atoms with van der Waals surface area (Å²) in [5, 5.41) is 10.9. The largest absolute Gasteiger partial charge is 0.481 e. The molecule has 0 unspecified atom stereocenters. The van der Waals surface area contributed by atoms with Gasteiger partial charge in [0.05, 0.1) is 19.1 Å². The van der Waals surface area contributed by atoms with Gasteiger partial charge < -0.3 is 14.3 Å². The van der Waals surface area contributed by atoms with Crippen LogP contribution in [0.25, 0.3) is 27.5 Å². The van der Waals surface area contributed by atoms with Gasteiger partial charge in [-0.15, -0.1) is 0 Å². The number of carboxylic acids is 1. The first-order chi connectivity index (χ1) is 11.5. The highest BCUT2D eigenvalue weighted by Crippen LogP contribution is 2.32. The van der Waals surface area contributed by atoms with Crippen LogP contribution in [0.2, 0.25) is 0 Å². The molecular weight excluding hydrogens is 308 g/mol. The summed E-state index contributed by atoms with van der Waals surface area (Å²) in [5.41, 5.74) is 3.00. The number of carbonyl (C=O) groups excluding carboxylic acids is 1. The summed E-state index contributed by atoms with van der Waals surface area (Å²) in [7, 11) is 1.24. The Morgan fingerprint density at radius 3 is 2.50 bits per heavy atom. The van der Waals surface area contributed by atoms with E-state index in [9.17, 15) is 9.59 Å². The highest BCUT2D eigenvalue weighted by molar-refractivity contribution is 6.07. The van der Waals surface area contributed by atoms with Crippen LogP contribution in [0.5, 0.6) is 0 Å². The summed E-state index contributed by atoms with van der Waals surface area (Å²) in [5.74, 6) is -1.71. The second kappa shape index (κ2) is 6.20. The van der Waals surface area contributed by atoms with Crippen molar-refractivity contribution in [3.63, 3.8) is 0 Å². The third-order valence-corrected chi connectivity index (χ3v) is 4.02. The summed E-state index contributed by atoms with van der Waals surface area (Å²) in [4.78, 5) is 23.0. The average molecular weight is 324 g/mol. The van der Waals surface area contributed by atoms with Gasteiger partial charge in [-0.25, -0.2) is 4.79 Å². The van der Waals surface area contributed by atoms with Gasteiger partial charge in [-0.3, -0.25) is 4.79 Å². The maximum Gasteiger partial charge on any atom is 0.334 e. The van der Waals surface area contributed by atoms with Gasteiger partial charge in [0.2, 0.25) is 0 Å². The first kappa shape index (κ1) is 15.8. The maximum atomic E-state index is 11.9. The molecule has 0 bridgehead atoms. The molecule has 0 aliphatic heterocycles. The van der Waals surface area contributed by atoms with Crippen molar-refractivity contribution in [1.82, 2.24) is 0 Å². The summed E-state index contributed by atoms with van der Waals surface area (Å²) >= 11 is 0. The Balaban J connectivity index is 2.19. The van der Waals surface area contributed by atoms with Gasteiger partial charge in [0.15, 0.2) is 0 Å². The molecule has 0 saturated heterocycles. The third kappa shape index (κ3) is 2.76. The van der Waals surface area contributed by atoms with Crippen LogP contribution < -0.4 is 0 Å². The molecule has 3 rings (SSSR count). The van der Waals surface area contributed by atoms with Crippen molar-refractivity contribution >= 4 is 39.5 Å². The van der Waals surface area contributed by atoms with Gasteiger partial charge in [-0.05, 0) is 36.3 Å². The Hall–Kier alpha value is -3.08. The van der Waals surface area contributed by atoms with Crippen LogP contribution in [0.1, 0.15) is 18.9 Å². The number of furan rings is 1. The number of methoxy groups -OCH3 is 1. The van der Waals surface area contributed by atoms with E-state index in [1.165, 1.54) is 7.11 Å². The quantitative estimate of drug-likeness (QED) is 0.579. The molecule has 122 valence electrons. The number of hydrogen-bond donors (Lipinski definition) is 1. The number of benzene rings is 2. The van der Waals surface area contributed by atoms with Crippen LogP contribution in [0, 0.1) is 0 Å². The predicted octanol–water partition coefficient (Wildman–Crippen LogP) is 4.01. The Kier molecular flexibility index (Phi) is 4.08. The molecule has 0 spiro atoms. The molecule has 0 amide bonds. The number of carboxylic acid groups (broad SMARTS) is 1. The van der Waals surface area contributed by atoms with E-state index in [0.717, 1.165) is 27.5 Å². The van der Waals surface area contributed by atoms with E-state index in [1.807, 2.05) is 42.5 Å². The number of ether oxygens (including phenoxy) is 1.